The summed E-state index contributed by atoms with van der Waals surface area (Å²) in [6, 6.07) is 19.2. The second-order valence-electron chi connectivity index (χ2n) is 7.49. The molecule has 0 bridgehead atoms. The zero-order valence-corrected chi connectivity index (χ0v) is 20.4. The molecule has 4 rings (SSSR count). The Morgan fingerprint density at radius 2 is 1.79 bits per heavy atom. The number of sulfonamides is 1. The highest BCUT2D eigenvalue weighted by Gasteiger charge is 2.24. The molecule has 34 heavy (non-hydrogen) atoms. The molecule has 4 aromatic rings. The Labute approximate surface area is 207 Å². The van der Waals surface area contributed by atoms with E-state index in [-0.39, 0.29) is 26.3 Å². The first kappa shape index (κ1) is 23.8. The molecule has 3 aromatic carbocycles. The van der Waals surface area contributed by atoms with Crippen molar-refractivity contribution in [1.82, 2.24) is 14.8 Å². The SMILES string of the molecule is Cc1ccc(NC(=O)c2cc(S(=O)(=O)Nc3nncn3Cc3ccccc3)c(S)cc2Cl)cc1. The number of thiol groups is 1. The van der Waals surface area contributed by atoms with Crippen LogP contribution in [0.25, 0.3) is 0 Å². The minimum absolute atomic E-state index is 0.00818. The van der Waals surface area contributed by atoms with Crippen LogP contribution >= 0.6 is 24.2 Å². The van der Waals surface area contributed by atoms with Crippen LogP contribution in [0.2, 0.25) is 5.02 Å². The monoisotopic (exact) mass is 513 g/mol. The second kappa shape index (κ2) is 9.88. The normalized spacial score (nSPS) is 11.3. The maximum Gasteiger partial charge on any atom is 0.265 e. The molecule has 0 spiro atoms. The Bertz CT molecular complexity index is 1440. The van der Waals surface area contributed by atoms with Crippen molar-refractivity contribution in [3.63, 3.8) is 0 Å². The molecule has 0 saturated heterocycles. The van der Waals surface area contributed by atoms with Gasteiger partial charge in [-0.2, -0.15) is 0 Å². The van der Waals surface area contributed by atoms with Gasteiger partial charge in [0.25, 0.3) is 15.9 Å². The Morgan fingerprint density at radius 1 is 1.09 bits per heavy atom. The largest absolute Gasteiger partial charge is 0.322 e. The number of nitrogens with zero attached hydrogens (tertiary/aromatic N) is 3. The molecule has 0 aliphatic carbocycles. The number of aromatic nitrogens is 3. The first-order chi connectivity index (χ1) is 16.2. The van der Waals surface area contributed by atoms with Crippen molar-refractivity contribution in [2.75, 3.05) is 10.0 Å². The van der Waals surface area contributed by atoms with E-state index >= 15 is 0 Å². The lowest BCUT2D eigenvalue weighted by molar-refractivity contribution is 0.102. The van der Waals surface area contributed by atoms with Crippen molar-refractivity contribution in [2.45, 2.75) is 23.3 Å². The lowest BCUT2D eigenvalue weighted by Gasteiger charge is -2.13. The van der Waals surface area contributed by atoms with E-state index < -0.39 is 15.9 Å². The maximum atomic E-state index is 13.2. The minimum atomic E-state index is -4.17. The van der Waals surface area contributed by atoms with Gasteiger partial charge in [0, 0.05) is 10.6 Å². The molecular weight excluding hydrogens is 494 g/mol. The van der Waals surface area contributed by atoms with Crippen molar-refractivity contribution in [2.24, 2.45) is 0 Å². The third kappa shape index (κ3) is 5.41. The predicted octanol–water partition coefficient (Wildman–Crippen LogP) is 4.63. The van der Waals surface area contributed by atoms with Crippen LogP contribution < -0.4 is 10.0 Å². The van der Waals surface area contributed by atoms with E-state index in [1.807, 2.05) is 49.4 Å². The molecule has 11 heteroatoms. The number of rotatable bonds is 7. The number of aryl methyl sites for hydroxylation is 1. The molecule has 0 unspecified atom stereocenters. The standard InChI is InChI=1S/C23H20ClN5O3S2/c1-15-7-9-17(10-8-15)26-22(30)18-11-21(20(33)12-19(18)24)34(31,32)28-23-27-25-14-29(23)13-16-5-3-2-4-6-16/h2-12,14,33H,13H2,1H3,(H,26,30)(H,27,28). The van der Waals surface area contributed by atoms with Crippen molar-refractivity contribution < 1.29 is 13.2 Å². The third-order valence-electron chi connectivity index (χ3n) is 4.93. The number of nitrogens with one attached hydrogen (secondary N) is 2. The van der Waals surface area contributed by atoms with E-state index in [0.29, 0.717) is 12.2 Å². The van der Waals surface area contributed by atoms with Gasteiger partial charge in [0.15, 0.2) is 0 Å². The van der Waals surface area contributed by atoms with Gasteiger partial charge < -0.3 is 5.32 Å². The molecule has 0 atom stereocenters. The molecule has 174 valence electrons. The van der Waals surface area contributed by atoms with Crippen LogP contribution in [0, 0.1) is 6.92 Å². The van der Waals surface area contributed by atoms with E-state index in [1.54, 1.807) is 16.7 Å². The average molecular weight is 514 g/mol. The molecule has 2 N–H and O–H groups in total. The van der Waals surface area contributed by atoms with Gasteiger partial charge in [-0.25, -0.2) is 13.1 Å². The molecule has 8 nitrogen and oxygen atoms in total. The van der Waals surface area contributed by atoms with Crippen LogP contribution in [-0.4, -0.2) is 29.1 Å². The molecule has 1 aromatic heterocycles. The quantitative estimate of drug-likeness (QED) is 0.312. The Morgan fingerprint density at radius 3 is 2.50 bits per heavy atom. The number of carbonyl (C=O) groups is 1. The number of benzene rings is 3. The molecule has 1 amide bonds. The number of carbonyl (C=O) groups excluding carboxylic acids is 1. The topological polar surface area (TPSA) is 106 Å². The highest BCUT2D eigenvalue weighted by atomic mass is 35.5. The molecule has 0 saturated carbocycles. The summed E-state index contributed by atoms with van der Waals surface area (Å²) in [5.74, 6) is -0.525. The number of halogens is 1. The van der Waals surface area contributed by atoms with Gasteiger partial charge >= 0.3 is 0 Å². The molecule has 0 fully saturated rings. The maximum absolute atomic E-state index is 13.2. The van der Waals surface area contributed by atoms with Crippen molar-refractivity contribution in [3.8, 4) is 0 Å². The fourth-order valence-electron chi connectivity index (χ4n) is 3.17. The van der Waals surface area contributed by atoms with E-state index in [9.17, 15) is 13.2 Å². The molecule has 0 aliphatic heterocycles. The van der Waals surface area contributed by atoms with Crippen LogP contribution in [0.5, 0.6) is 0 Å². The van der Waals surface area contributed by atoms with Gasteiger partial charge in [0.2, 0.25) is 5.95 Å². The summed E-state index contributed by atoms with van der Waals surface area (Å²) in [5, 5.41) is 10.5. The van der Waals surface area contributed by atoms with Gasteiger partial charge in [-0.1, -0.05) is 59.6 Å². The first-order valence-corrected chi connectivity index (χ1v) is 12.4. The smallest absolute Gasteiger partial charge is 0.265 e. The summed E-state index contributed by atoms with van der Waals surface area (Å²) < 4.78 is 30.4. The molecule has 1 heterocycles. The highest BCUT2D eigenvalue weighted by molar-refractivity contribution is 7.93. The zero-order chi connectivity index (χ0) is 24.3. The summed E-state index contributed by atoms with van der Waals surface area (Å²) in [4.78, 5) is 12.7. The minimum Gasteiger partial charge on any atom is -0.322 e. The van der Waals surface area contributed by atoms with Crippen molar-refractivity contribution in [3.05, 3.63) is 94.8 Å². The van der Waals surface area contributed by atoms with E-state index in [4.69, 9.17) is 11.6 Å². The molecule has 0 aliphatic rings. The number of amides is 1. The van der Waals surface area contributed by atoms with Gasteiger partial charge in [0.1, 0.15) is 11.2 Å². The van der Waals surface area contributed by atoms with Crippen LogP contribution in [0.4, 0.5) is 11.6 Å². The number of hydrogen-bond acceptors (Lipinski definition) is 6. The van der Waals surface area contributed by atoms with Crippen molar-refractivity contribution in [1.29, 1.82) is 0 Å². The van der Waals surface area contributed by atoms with E-state index in [2.05, 4.69) is 32.9 Å². The summed E-state index contributed by atoms with van der Waals surface area (Å²) >= 11 is 10.5. The van der Waals surface area contributed by atoms with Crippen LogP contribution in [-0.2, 0) is 16.6 Å². The number of anilines is 2. The Hall–Kier alpha value is -3.34. The van der Waals surface area contributed by atoms with Crippen molar-refractivity contribution >= 4 is 51.8 Å². The van der Waals surface area contributed by atoms with Gasteiger partial charge in [-0.15, -0.1) is 22.8 Å². The van der Waals surface area contributed by atoms with Gasteiger partial charge in [-0.3, -0.25) is 9.36 Å². The Balaban J connectivity index is 1.61. The van der Waals surface area contributed by atoms with Crippen LogP contribution in [0.3, 0.4) is 0 Å². The van der Waals surface area contributed by atoms with Crippen LogP contribution in [0.15, 0.2) is 82.8 Å². The third-order valence-corrected chi connectivity index (χ3v) is 7.13. The predicted molar refractivity (Wildman–Crippen MR) is 134 cm³/mol. The Kier molecular flexibility index (Phi) is 6.92. The summed E-state index contributed by atoms with van der Waals surface area (Å²) in [6.45, 7) is 2.29. The average Bonchev–Trinajstić information content (AvgIpc) is 3.21. The number of hydrogen-bond donors (Lipinski definition) is 3. The fourth-order valence-corrected chi connectivity index (χ4v) is 5.17. The molecular formula is C23H20ClN5O3S2. The lowest BCUT2D eigenvalue weighted by Crippen LogP contribution is -2.19. The lowest BCUT2D eigenvalue weighted by atomic mass is 10.2. The second-order valence-corrected chi connectivity index (χ2v) is 10.0. The van der Waals surface area contributed by atoms with Crippen LogP contribution in [0.1, 0.15) is 21.5 Å². The van der Waals surface area contributed by atoms with E-state index in [0.717, 1.165) is 11.1 Å². The van der Waals surface area contributed by atoms with E-state index in [1.165, 1.54) is 18.5 Å². The summed E-state index contributed by atoms with van der Waals surface area (Å²) in [7, 11) is -4.17. The highest BCUT2D eigenvalue weighted by Crippen LogP contribution is 2.29. The van der Waals surface area contributed by atoms with Gasteiger partial charge in [0.05, 0.1) is 17.1 Å². The summed E-state index contributed by atoms with van der Waals surface area (Å²) in [5.41, 5.74) is 2.53. The van der Waals surface area contributed by atoms with Gasteiger partial charge in [-0.05, 0) is 36.8 Å². The molecule has 0 radical (unpaired) electrons. The first-order valence-electron chi connectivity index (χ1n) is 10.1. The fraction of sp³-hybridized carbons (Fsp3) is 0.0870. The summed E-state index contributed by atoms with van der Waals surface area (Å²) in [6.07, 6.45) is 1.43. The zero-order valence-electron chi connectivity index (χ0n) is 17.9.